The summed E-state index contributed by atoms with van der Waals surface area (Å²) in [5.74, 6) is 0.102. The number of phenols is 1. The molecular weight excluding hydrogens is 485 g/mol. The number of halogens is 1. The summed E-state index contributed by atoms with van der Waals surface area (Å²) in [6.07, 6.45) is 4.81. The number of aromatic nitrogens is 2. The van der Waals surface area contributed by atoms with Crippen molar-refractivity contribution >= 4 is 29.0 Å². The Kier molecular flexibility index (Phi) is 7.13. The van der Waals surface area contributed by atoms with Gasteiger partial charge < -0.3 is 20.1 Å². The smallest absolute Gasteiger partial charge is 0.339 e. The SMILES string of the molecule is CC(C)(C)c1cc(/C=N/NC(=O)Nc2ccc(Oc3ccnc4[nH]ccc34)c(F)c2)cc(C(C)(C)C)c1O. The number of hydrazone groups is 1. The molecule has 0 atom stereocenters. The van der Waals surface area contributed by atoms with Gasteiger partial charge in [0.05, 0.1) is 11.6 Å². The van der Waals surface area contributed by atoms with Gasteiger partial charge in [-0.05, 0) is 52.8 Å². The minimum atomic E-state index is -0.639. The van der Waals surface area contributed by atoms with Crippen molar-refractivity contribution in [2.45, 2.75) is 52.4 Å². The molecule has 2 aromatic heterocycles. The van der Waals surface area contributed by atoms with Crippen LogP contribution in [0, 0.1) is 5.82 Å². The number of pyridine rings is 1. The standard InChI is InChI=1S/C29H32FN5O3/c1-28(2,3)20-13-17(14-21(25(20)36)29(4,5)6)16-33-35-27(37)34-18-7-8-24(22(30)15-18)38-23-10-12-32-26-19(23)9-11-31-26/h7-16,36H,1-6H3,(H,31,32)(H2,34,35,37)/b33-16+. The second kappa shape index (κ2) is 10.2. The Morgan fingerprint density at radius 2 is 1.71 bits per heavy atom. The number of benzene rings is 2. The topological polar surface area (TPSA) is 112 Å². The second-order valence-electron chi connectivity index (χ2n) is 11.1. The van der Waals surface area contributed by atoms with Crippen molar-refractivity contribution in [3.05, 3.63) is 77.4 Å². The van der Waals surface area contributed by atoms with Crippen LogP contribution in [0.4, 0.5) is 14.9 Å². The van der Waals surface area contributed by atoms with Crippen LogP contribution < -0.4 is 15.5 Å². The minimum Gasteiger partial charge on any atom is -0.507 e. The van der Waals surface area contributed by atoms with E-state index in [4.69, 9.17) is 4.74 Å². The summed E-state index contributed by atoms with van der Waals surface area (Å²) in [5, 5.41) is 18.2. The van der Waals surface area contributed by atoms with Crippen LogP contribution in [0.3, 0.4) is 0 Å². The van der Waals surface area contributed by atoms with E-state index < -0.39 is 11.8 Å². The molecule has 0 aliphatic carbocycles. The highest BCUT2D eigenvalue weighted by atomic mass is 19.1. The molecule has 0 unspecified atom stereocenters. The lowest BCUT2D eigenvalue weighted by Gasteiger charge is -2.27. The highest BCUT2D eigenvalue weighted by Crippen LogP contribution is 2.39. The highest BCUT2D eigenvalue weighted by molar-refractivity contribution is 5.90. The van der Waals surface area contributed by atoms with Crippen LogP contribution in [0.15, 0.2) is 60.0 Å². The maximum absolute atomic E-state index is 14.7. The number of carbonyl (C=O) groups is 1. The summed E-state index contributed by atoms with van der Waals surface area (Å²) in [7, 11) is 0. The zero-order chi connectivity index (χ0) is 27.7. The Balaban J connectivity index is 1.44. The first-order valence-electron chi connectivity index (χ1n) is 12.2. The van der Waals surface area contributed by atoms with Gasteiger partial charge in [-0.1, -0.05) is 41.5 Å². The van der Waals surface area contributed by atoms with Crippen LogP contribution in [-0.4, -0.2) is 27.3 Å². The molecule has 4 rings (SSSR count). The number of rotatable bonds is 5. The summed E-state index contributed by atoms with van der Waals surface area (Å²) in [6, 6.07) is 10.6. The molecule has 0 radical (unpaired) electrons. The molecule has 0 aliphatic heterocycles. The van der Waals surface area contributed by atoms with Crippen LogP contribution in [0.1, 0.15) is 58.2 Å². The second-order valence-corrected chi connectivity index (χ2v) is 11.1. The number of aromatic hydroxyl groups is 1. The van der Waals surface area contributed by atoms with Crippen molar-refractivity contribution < 1.29 is 19.0 Å². The predicted octanol–water partition coefficient (Wildman–Crippen LogP) is 6.95. The van der Waals surface area contributed by atoms with Gasteiger partial charge in [-0.2, -0.15) is 5.10 Å². The van der Waals surface area contributed by atoms with E-state index in [0.29, 0.717) is 11.4 Å². The number of hydrogen-bond acceptors (Lipinski definition) is 5. The van der Waals surface area contributed by atoms with Crippen LogP contribution in [-0.2, 0) is 10.8 Å². The largest absolute Gasteiger partial charge is 0.507 e. The van der Waals surface area contributed by atoms with E-state index in [2.05, 4.69) is 25.8 Å². The minimum absolute atomic E-state index is 0.0133. The van der Waals surface area contributed by atoms with Crippen LogP contribution >= 0.6 is 0 Å². The number of H-pyrrole nitrogens is 1. The fraction of sp³-hybridized carbons (Fsp3) is 0.276. The first-order chi connectivity index (χ1) is 17.8. The van der Waals surface area contributed by atoms with E-state index in [1.54, 1.807) is 24.5 Å². The van der Waals surface area contributed by atoms with Crippen LogP contribution in [0.2, 0.25) is 0 Å². The van der Waals surface area contributed by atoms with Crippen LogP contribution in [0.5, 0.6) is 17.2 Å². The normalized spacial score (nSPS) is 12.2. The number of phenolic OH excluding ortho intramolecular Hbond substituents is 1. The third kappa shape index (κ3) is 5.94. The van der Waals surface area contributed by atoms with Gasteiger partial charge in [0.2, 0.25) is 0 Å². The van der Waals surface area contributed by atoms with E-state index >= 15 is 0 Å². The Morgan fingerprint density at radius 3 is 2.34 bits per heavy atom. The van der Waals surface area contributed by atoms with Gasteiger partial charge in [-0.3, -0.25) is 0 Å². The lowest BCUT2D eigenvalue weighted by atomic mass is 9.78. The van der Waals surface area contributed by atoms with E-state index in [9.17, 15) is 14.3 Å². The average molecular weight is 518 g/mol. The fourth-order valence-electron chi connectivity index (χ4n) is 4.00. The van der Waals surface area contributed by atoms with Crippen molar-refractivity contribution in [2.75, 3.05) is 5.32 Å². The lowest BCUT2D eigenvalue weighted by molar-refractivity contribution is 0.252. The molecule has 2 amide bonds. The molecule has 8 nitrogen and oxygen atoms in total. The number of nitrogens with zero attached hydrogens (tertiary/aromatic N) is 2. The van der Waals surface area contributed by atoms with Gasteiger partial charge in [0.1, 0.15) is 17.1 Å². The number of ether oxygens (including phenoxy) is 1. The van der Waals surface area contributed by atoms with E-state index in [0.717, 1.165) is 22.1 Å². The zero-order valence-electron chi connectivity index (χ0n) is 22.3. The Hall–Kier alpha value is -4.40. The molecular formula is C29H32FN5O3. The van der Waals surface area contributed by atoms with E-state index in [1.165, 1.54) is 24.4 Å². The van der Waals surface area contributed by atoms with Crippen LogP contribution in [0.25, 0.3) is 11.0 Å². The molecule has 0 bridgehead atoms. The number of aromatic amines is 1. The molecule has 4 aromatic rings. The third-order valence-corrected chi connectivity index (χ3v) is 5.96. The van der Waals surface area contributed by atoms with Crippen molar-refractivity contribution in [1.29, 1.82) is 0 Å². The number of nitrogens with one attached hydrogen (secondary N) is 3. The number of hydrogen-bond donors (Lipinski definition) is 4. The first-order valence-corrected chi connectivity index (χ1v) is 12.2. The number of fused-ring (bicyclic) bond motifs is 1. The van der Waals surface area contributed by atoms with Gasteiger partial charge in [0.15, 0.2) is 11.6 Å². The average Bonchev–Trinajstić information content (AvgIpc) is 3.30. The molecule has 9 heteroatoms. The summed E-state index contributed by atoms with van der Waals surface area (Å²) >= 11 is 0. The molecule has 2 heterocycles. The number of carbonyl (C=O) groups excluding carboxylic acids is 1. The molecule has 0 saturated carbocycles. The lowest BCUT2D eigenvalue weighted by Crippen LogP contribution is -2.24. The Morgan fingerprint density at radius 1 is 1.03 bits per heavy atom. The zero-order valence-corrected chi connectivity index (χ0v) is 22.3. The summed E-state index contributed by atoms with van der Waals surface area (Å²) in [5.41, 5.74) is 5.00. The maximum Gasteiger partial charge on any atom is 0.339 e. The molecule has 0 fully saturated rings. The summed E-state index contributed by atoms with van der Waals surface area (Å²) in [4.78, 5) is 19.5. The van der Waals surface area contributed by atoms with Crippen molar-refractivity contribution in [3.8, 4) is 17.2 Å². The molecule has 38 heavy (non-hydrogen) atoms. The van der Waals surface area contributed by atoms with E-state index in [1.807, 2.05) is 53.7 Å². The van der Waals surface area contributed by atoms with Crippen molar-refractivity contribution in [3.63, 3.8) is 0 Å². The summed E-state index contributed by atoms with van der Waals surface area (Å²) in [6.45, 7) is 12.1. The van der Waals surface area contributed by atoms with Gasteiger partial charge in [0.25, 0.3) is 0 Å². The highest BCUT2D eigenvalue weighted by Gasteiger charge is 2.26. The molecule has 0 spiro atoms. The predicted molar refractivity (Wildman–Crippen MR) is 148 cm³/mol. The fourth-order valence-corrected chi connectivity index (χ4v) is 4.00. The molecule has 4 N–H and O–H groups in total. The Labute approximate surface area is 221 Å². The molecule has 198 valence electrons. The van der Waals surface area contributed by atoms with Gasteiger partial charge in [-0.25, -0.2) is 19.6 Å². The van der Waals surface area contributed by atoms with Crippen molar-refractivity contribution in [2.24, 2.45) is 5.10 Å². The summed E-state index contributed by atoms with van der Waals surface area (Å²) < 4.78 is 20.4. The maximum atomic E-state index is 14.7. The molecule has 0 aliphatic rings. The first kappa shape index (κ1) is 26.7. The quantitative estimate of drug-likeness (QED) is 0.169. The third-order valence-electron chi connectivity index (χ3n) is 5.96. The number of anilines is 1. The Bertz CT molecular complexity index is 1480. The van der Waals surface area contributed by atoms with Gasteiger partial charge in [-0.15, -0.1) is 0 Å². The van der Waals surface area contributed by atoms with Gasteiger partial charge in [0, 0.05) is 35.3 Å². The van der Waals surface area contributed by atoms with Crippen molar-refractivity contribution in [1.82, 2.24) is 15.4 Å². The monoisotopic (exact) mass is 517 g/mol. The molecule has 2 aromatic carbocycles. The number of amides is 2. The van der Waals surface area contributed by atoms with E-state index in [-0.39, 0.29) is 28.0 Å². The number of urea groups is 1. The van der Waals surface area contributed by atoms with Gasteiger partial charge >= 0.3 is 6.03 Å². The molecule has 0 saturated heterocycles.